The zero-order valence-electron chi connectivity index (χ0n) is 16.8. The number of hydrogen-bond acceptors (Lipinski definition) is 5. The van der Waals surface area contributed by atoms with Crippen LogP contribution in [0.25, 0.3) is 0 Å². The van der Waals surface area contributed by atoms with Crippen LogP contribution in [-0.2, 0) is 21.1 Å². The van der Waals surface area contributed by atoms with Crippen LogP contribution in [-0.4, -0.2) is 88.7 Å². The quantitative estimate of drug-likeness (QED) is 0.228. The van der Waals surface area contributed by atoms with E-state index in [0.717, 1.165) is 45.2 Å². The molecule has 0 unspecified atom stereocenters. The second kappa shape index (κ2) is 13.3. The predicted molar refractivity (Wildman–Crippen MR) is 125 cm³/mol. The number of sulfone groups is 1. The first kappa shape index (κ1) is 25.1. The van der Waals surface area contributed by atoms with Gasteiger partial charge in [0.05, 0.1) is 25.5 Å². The van der Waals surface area contributed by atoms with Crippen molar-refractivity contribution < 1.29 is 13.2 Å². The van der Waals surface area contributed by atoms with Crippen molar-refractivity contribution in [1.29, 1.82) is 0 Å². The van der Waals surface area contributed by atoms with Crippen LogP contribution in [0.2, 0.25) is 0 Å². The molecule has 1 fully saturated rings. The van der Waals surface area contributed by atoms with Gasteiger partial charge in [0.2, 0.25) is 0 Å². The van der Waals surface area contributed by atoms with E-state index < -0.39 is 9.84 Å². The maximum Gasteiger partial charge on any atom is 0.194 e. The van der Waals surface area contributed by atoms with Crippen molar-refractivity contribution in [2.24, 2.45) is 4.99 Å². The molecule has 0 radical (unpaired) electrons. The molecular formula is C19H33IN4O3S. The van der Waals surface area contributed by atoms with Crippen molar-refractivity contribution >= 4 is 39.8 Å². The third-order valence-electron chi connectivity index (χ3n) is 4.35. The summed E-state index contributed by atoms with van der Waals surface area (Å²) in [5.41, 5.74) is 1.35. The largest absolute Gasteiger partial charge is 0.378 e. The van der Waals surface area contributed by atoms with E-state index in [1.54, 1.807) is 0 Å². The van der Waals surface area contributed by atoms with Gasteiger partial charge in [-0.3, -0.25) is 9.89 Å². The Hall–Kier alpha value is -0.910. The molecule has 0 bridgehead atoms. The summed E-state index contributed by atoms with van der Waals surface area (Å²) in [6.45, 7) is 8.92. The summed E-state index contributed by atoms with van der Waals surface area (Å²) in [7, 11) is -2.97. The van der Waals surface area contributed by atoms with Gasteiger partial charge in [-0.15, -0.1) is 24.0 Å². The molecule has 1 aliphatic heterocycles. The average molecular weight is 524 g/mol. The Balaban J connectivity index is 0.00000392. The fourth-order valence-corrected chi connectivity index (χ4v) is 3.33. The minimum absolute atomic E-state index is 0. The highest BCUT2D eigenvalue weighted by Crippen LogP contribution is 2.08. The number of aliphatic imine (C=N–C) groups is 1. The number of rotatable bonds is 9. The van der Waals surface area contributed by atoms with Crippen LogP contribution in [0.4, 0.5) is 0 Å². The van der Waals surface area contributed by atoms with Crippen LogP contribution in [0, 0.1) is 0 Å². The van der Waals surface area contributed by atoms with E-state index in [1.165, 1.54) is 11.8 Å². The van der Waals surface area contributed by atoms with Crippen molar-refractivity contribution in [3.05, 3.63) is 35.9 Å². The molecule has 1 saturated heterocycles. The summed E-state index contributed by atoms with van der Waals surface area (Å²) >= 11 is 0. The summed E-state index contributed by atoms with van der Waals surface area (Å²) in [5, 5.41) is 3.34. The second-order valence-electron chi connectivity index (χ2n) is 6.73. The molecule has 7 nitrogen and oxygen atoms in total. The summed E-state index contributed by atoms with van der Waals surface area (Å²) in [6, 6.07) is 10.5. The smallest absolute Gasteiger partial charge is 0.194 e. The van der Waals surface area contributed by atoms with Crippen LogP contribution >= 0.6 is 24.0 Å². The fourth-order valence-electron chi connectivity index (χ4n) is 2.91. The Morgan fingerprint density at radius 2 is 1.82 bits per heavy atom. The van der Waals surface area contributed by atoms with Gasteiger partial charge in [0.15, 0.2) is 5.96 Å². The van der Waals surface area contributed by atoms with Crippen molar-refractivity contribution in [1.82, 2.24) is 15.1 Å². The number of ether oxygens (including phenoxy) is 1. The molecule has 0 saturated carbocycles. The minimum Gasteiger partial charge on any atom is -0.378 e. The first-order valence-corrected chi connectivity index (χ1v) is 11.6. The molecular weight excluding hydrogens is 491 g/mol. The van der Waals surface area contributed by atoms with E-state index in [4.69, 9.17) is 4.74 Å². The van der Waals surface area contributed by atoms with Gasteiger partial charge in [-0.05, 0) is 12.5 Å². The number of nitrogens with one attached hydrogen (secondary N) is 1. The highest BCUT2D eigenvalue weighted by atomic mass is 127. The Bertz CT molecular complexity index is 678. The predicted octanol–water partition coefficient (Wildman–Crippen LogP) is 1.45. The van der Waals surface area contributed by atoms with E-state index in [1.807, 2.05) is 6.07 Å². The van der Waals surface area contributed by atoms with E-state index in [2.05, 4.69) is 51.3 Å². The third kappa shape index (κ3) is 10.0. The van der Waals surface area contributed by atoms with E-state index >= 15 is 0 Å². The van der Waals surface area contributed by atoms with E-state index in [-0.39, 0.29) is 36.3 Å². The summed E-state index contributed by atoms with van der Waals surface area (Å²) in [6.07, 6.45) is 1.22. The number of piperazine rings is 1. The first-order chi connectivity index (χ1) is 13.0. The topological polar surface area (TPSA) is 74.2 Å². The summed E-state index contributed by atoms with van der Waals surface area (Å²) in [4.78, 5) is 9.36. The van der Waals surface area contributed by atoms with Gasteiger partial charge in [-0.2, -0.15) is 0 Å². The molecule has 1 N–H and O–H groups in total. The lowest BCUT2D eigenvalue weighted by atomic mass is 10.2. The number of guanidine groups is 1. The SMILES string of the molecule is CCNC(=NCCOCCS(C)(=O)=O)N1CCN(Cc2ccccc2)CC1.I. The van der Waals surface area contributed by atoms with Crippen molar-refractivity contribution in [3.63, 3.8) is 0 Å². The molecule has 1 aromatic rings. The standard InChI is InChI=1S/C19H32N4O3S.HI/c1-3-20-19(21-9-14-26-15-16-27(2,24)25)23-12-10-22(11-13-23)17-18-7-5-4-6-8-18;/h4-8H,3,9-17H2,1-2H3,(H,20,21);1H. The molecule has 28 heavy (non-hydrogen) atoms. The van der Waals surface area contributed by atoms with Crippen LogP contribution in [0.5, 0.6) is 0 Å². The van der Waals surface area contributed by atoms with Gasteiger partial charge in [0.1, 0.15) is 9.84 Å². The average Bonchev–Trinajstić information content (AvgIpc) is 2.64. The third-order valence-corrected chi connectivity index (χ3v) is 5.26. The Kier molecular flexibility index (Phi) is 12.0. The molecule has 9 heteroatoms. The van der Waals surface area contributed by atoms with Crippen LogP contribution in [0.1, 0.15) is 12.5 Å². The molecule has 1 aromatic carbocycles. The maximum atomic E-state index is 11.1. The molecule has 0 spiro atoms. The zero-order valence-corrected chi connectivity index (χ0v) is 20.0. The number of hydrogen-bond donors (Lipinski definition) is 1. The molecule has 0 amide bonds. The number of nitrogens with zero attached hydrogens (tertiary/aromatic N) is 3. The van der Waals surface area contributed by atoms with Crippen molar-refractivity contribution in [2.75, 3.05) is 64.5 Å². The Morgan fingerprint density at radius 3 is 2.43 bits per heavy atom. The molecule has 0 atom stereocenters. The van der Waals surface area contributed by atoms with E-state index in [0.29, 0.717) is 13.2 Å². The molecule has 160 valence electrons. The Morgan fingerprint density at radius 1 is 1.14 bits per heavy atom. The summed E-state index contributed by atoms with van der Waals surface area (Å²) in [5.74, 6) is 0.962. The van der Waals surface area contributed by atoms with Crippen LogP contribution < -0.4 is 5.32 Å². The normalized spacial score (nSPS) is 15.9. The summed E-state index contributed by atoms with van der Waals surface area (Å²) < 4.78 is 27.5. The lowest BCUT2D eigenvalue weighted by Gasteiger charge is -2.36. The highest BCUT2D eigenvalue weighted by Gasteiger charge is 2.19. The molecule has 0 aliphatic carbocycles. The van der Waals surface area contributed by atoms with Gasteiger partial charge in [0.25, 0.3) is 0 Å². The number of halogens is 1. The van der Waals surface area contributed by atoms with Gasteiger partial charge in [0, 0.05) is 45.5 Å². The zero-order chi connectivity index (χ0) is 19.5. The Labute approximate surface area is 186 Å². The minimum atomic E-state index is -2.97. The van der Waals surface area contributed by atoms with Gasteiger partial charge in [-0.25, -0.2) is 8.42 Å². The molecule has 2 rings (SSSR count). The number of benzene rings is 1. The fraction of sp³-hybridized carbons (Fsp3) is 0.632. The lowest BCUT2D eigenvalue weighted by molar-refractivity contribution is 0.155. The maximum absolute atomic E-state index is 11.1. The first-order valence-electron chi connectivity index (χ1n) is 9.53. The molecule has 1 aliphatic rings. The van der Waals surface area contributed by atoms with Crippen LogP contribution in [0.3, 0.4) is 0 Å². The highest BCUT2D eigenvalue weighted by molar-refractivity contribution is 14.0. The van der Waals surface area contributed by atoms with E-state index in [9.17, 15) is 8.42 Å². The van der Waals surface area contributed by atoms with Crippen LogP contribution in [0.15, 0.2) is 35.3 Å². The van der Waals surface area contributed by atoms with Crippen molar-refractivity contribution in [3.8, 4) is 0 Å². The van der Waals surface area contributed by atoms with Crippen molar-refractivity contribution in [2.45, 2.75) is 13.5 Å². The van der Waals surface area contributed by atoms with Gasteiger partial charge >= 0.3 is 0 Å². The monoisotopic (exact) mass is 524 g/mol. The lowest BCUT2D eigenvalue weighted by Crippen LogP contribution is -2.52. The van der Waals surface area contributed by atoms with Gasteiger partial charge in [-0.1, -0.05) is 30.3 Å². The second-order valence-corrected chi connectivity index (χ2v) is 8.99. The molecule has 0 aromatic heterocycles. The molecule has 1 heterocycles. The van der Waals surface area contributed by atoms with Gasteiger partial charge < -0.3 is 15.0 Å².